The topological polar surface area (TPSA) is 47.6 Å². The van der Waals surface area contributed by atoms with Gasteiger partial charge in [-0.2, -0.15) is 0 Å². The highest BCUT2D eigenvalue weighted by Gasteiger charge is 2.11. The van der Waals surface area contributed by atoms with E-state index >= 15 is 0 Å². The van der Waals surface area contributed by atoms with Crippen LogP contribution in [-0.2, 0) is 13.2 Å². The molecule has 0 saturated heterocycles. The Labute approximate surface area is 176 Å². The van der Waals surface area contributed by atoms with Gasteiger partial charge < -0.3 is 14.8 Å². The number of hydrogen-bond acceptors (Lipinski definition) is 3. The lowest BCUT2D eigenvalue weighted by Crippen LogP contribution is -2.22. The summed E-state index contributed by atoms with van der Waals surface area (Å²) in [4.78, 5) is 12.8. The molecule has 4 rings (SSSR count). The average molecular weight is 397 g/mol. The molecule has 0 aliphatic carbocycles. The molecule has 150 valence electrons. The third kappa shape index (κ3) is 4.61. The Hall–Kier alpha value is -3.79. The Balaban J connectivity index is 1.53. The third-order valence-corrected chi connectivity index (χ3v) is 4.94. The van der Waals surface area contributed by atoms with Gasteiger partial charge in [-0.05, 0) is 40.8 Å². The Bertz CT molecular complexity index is 1140. The summed E-state index contributed by atoms with van der Waals surface area (Å²) in [6.07, 6.45) is 0. The van der Waals surface area contributed by atoms with Crippen molar-refractivity contribution in [1.29, 1.82) is 0 Å². The van der Waals surface area contributed by atoms with Crippen LogP contribution < -0.4 is 14.8 Å². The number of carbonyl (C=O) groups is 1. The normalized spacial score (nSPS) is 10.6. The van der Waals surface area contributed by atoms with E-state index in [1.165, 1.54) is 0 Å². The predicted molar refractivity (Wildman–Crippen MR) is 119 cm³/mol. The second-order valence-corrected chi connectivity index (χ2v) is 7.00. The Kier molecular flexibility index (Phi) is 5.95. The van der Waals surface area contributed by atoms with Crippen molar-refractivity contribution in [2.24, 2.45) is 0 Å². The Morgan fingerprint density at radius 1 is 0.833 bits per heavy atom. The molecule has 4 aromatic carbocycles. The van der Waals surface area contributed by atoms with Gasteiger partial charge in [0.25, 0.3) is 5.91 Å². The number of benzene rings is 4. The molecule has 0 saturated carbocycles. The van der Waals surface area contributed by atoms with Gasteiger partial charge in [-0.25, -0.2) is 0 Å². The molecule has 30 heavy (non-hydrogen) atoms. The highest BCUT2D eigenvalue weighted by molar-refractivity contribution is 6.00. The van der Waals surface area contributed by atoms with Gasteiger partial charge in [0.2, 0.25) is 0 Å². The molecule has 0 aliphatic rings. The first-order chi connectivity index (χ1) is 14.7. The molecule has 1 N–H and O–H groups in total. The second-order valence-electron chi connectivity index (χ2n) is 7.00. The van der Waals surface area contributed by atoms with Crippen LogP contribution >= 0.6 is 0 Å². The van der Waals surface area contributed by atoms with Gasteiger partial charge in [-0.1, -0.05) is 66.7 Å². The molecule has 0 atom stereocenters. The molecule has 1 amide bonds. The van der Waals surface area contributed by atoms with E-state index in [1.807, 2.05) is 91.0 Å². The zero-order valence-corrected chi connectivity index (χ0v) is 16.8. The summed E-state index contributed by atoms with van der Waals surface area (Å²) in [7, 11) is 1.63. The lowest BCUT2D eigenvalue weighted by molar-refractivity contribution is 0.0950. The van der Waals surface area contributed by atoms with E-state index in [0.29, 0.717) is 24.5 Å². The van der Waals surface area contributed by atoms with Crippen LogP contribution in [0.15, 0.2) is 91.0 Å². The minimum Gasteiger partial charge on any atom is -0.497 e. The van der Waals surface area contributed by atoms with Gasteiger partial charge in [-0.3, -0.25) is 4.79 Å². The van der Waals surface area contributed by atoms with Crippen molar-refractivity contribution >= 4 is 16.7 Å². The molecular weight excluding hydrogens is 374 g/mol. The van der Waals surface area contributed by atoms with Gasteiger partial charge >= 0.3 is 0 Å². The molecule has 0 spiro atoms. The van der Waals surface area contributed by atoms with Crippen LogP contribution in [0, 0.1) is 0 Å². The number of methoxy groups -OCH3 is 1. The van der Waals surface area contributed by atoms with Crippen LogP contribution in [0.1, 0.15) is 21.5 Å². The van der Waals surface area contributed by atoms with E-state index < -0.39 is 0 Å². The molecule has 0 aromatic heterocycles. The summed E-state index contributed by atoms with van der Waals surface area (Å²) in [6, 6.07) is 29.3. The van der Waals surface area contributed by atoms with Crippen molar-refractivity contribution < 1.29 is 14.3 Å². The fourth-order valence-corrected chi connectivity index (χ4v) is 3.29. The molecule has 4 nitrogen and oxygen atoms in total. The van der Waals surface area contributed by atoms with E-state index in [-0.39, 0.29) is 5.91 Å². The van der Waals surface area contributed by atoms with Crippen LogP contribution in [0.25, 0.3) is 10.8 Å². The quantitative estimate of drug-likeness (QED) is 0.457. The zero-order chi connectivity index (χ0) is 20.8. The summed E-state index contributed by atoms with van der Waals surface area (Å²) in [6.45, 7) is 0.887. The molecule has 0 radical (unpaired) electrons. The van der Waals surface area contributed by atoms with Gasteiger partial charge in [0.1, 0.15) is 18.1 Å². The minimum absolute atomic E-state index is 0.138. The van der Waals surface area contributed by atoms with Crippen LogP contribution in [-0.4, -0.2) is 13.0 Å². The van der Waals surface area contributed by atoms with Gasteiger partial charge in [-0.15, -0.1) is 0 Å². The fraction of sp³-hybridized carbons (Fsp3) is 0.115. The maximum Gasteiger partial charge on any atom is 0.251 e. The summed E-state index contributed by atoms with van der Waals surface area (Å²) in [5.41, 5.74) is 2.66. The summed E-state index contributed by atoms with van der Waals surface area (Å²) < 4.78 is 11.3. The Morgan fingerprint density at radius 2 is 1.57 bits per heavy atom. The number of rotatable bonds is 7. The van der Waals surface area contributed by atoms with Crippen LogP contribution in [0.5, 0.6) is 11.5 Å². The molecule has 0 aliphatic heterocycles. The largest absolute Gasteiger partial charge is 0.497 e. The zero-order valence-electron chi connectivity index (χ0n) is 16.8. The first-order valence-corrected chi connectivity index (χ1v) is 9.83. The molecular formula is C26H23NO3. The first kappa shape index (κ1) is 19.5. The first-order valence-electron chi connectivity index (χ1n) is 9.83. The highest BCUT2D eigenvalue weighted by atomic mass is 16.5. The number of amides is 1. The number of nitrogens with one attached hydrogen (secondary N) is 1. The fourth-order valence-electron chi connectivity index (χ4n) is 3.29. The summed E-state index contributed by atoms with van der Waals surface area (Å²) >= 11 is 0. The standard InChI is InChI=1S/C26H23NO3/c1-29-23-13-11-19(12-14-23)17-27-26(28)22-15-21-9-5-6-10-24(21)25(16-22)30-18-20-7-3-2-4-8-20/h2-16H,17-18H2,1H3,(H,27,28). The van der Waals surface area contributed by atoms with E-state index in [1.54, 1.807) is 7.11 Å². The number of hydrogen-bond donors (Lipinski definition) is 1. The minimum atomic E-state index is -0.138. The SMILES string of the molecule is COc1ccc(CNC(=O)c2cc(OCc3ccccc3)c3ccccc3c2)cc1. The summed E-state index contributed by atoms with van der Waals surface area (Å²) in [5, 5.41) is 4.94. The maximum absolute atomic E-state index is 12.8. The van der Waals surface area contributed by atoms with Crippen molar-refractivity contribution in [1.82, 2.24) is 5.32 Å². The van der Waals surface area contributed by atoms with Crippen molar-refractivity contribution in [2.75, 3.05) is 7.11 Å². The van der Waals surface area contributed by atoms with E-state index in [9.17, 15) is 4.79 Å². The predicted octanol–water partition coefficient (Wildman–Crippen LogP) is 5.36. The van der Waals surface area contributed by atoms with Gasteiger partial charge in [0.15, 0.2) is 0 Å². The van der Waals surface area contributed by atoms with E-state index in [4.69, 9.17) is 9.47 Å². The number of fused-ring (bicyclic) bond motifs is 1. The van der Waals surface area contributed by atoms with Gasteiger partial charge in [0, 0.05) is 17.5 Å². The lowest BCUT2D eigenvalue weighted by atomic mass is 10.0. The van der Waals surface area contributed by atoms with Crippen LogP contribution in [0.3, 0.4) is 0 Å². The van der Waals surface area contributed by atoms with Crippen molar-refractivity contribution in [3.8, 4) is 11.5 Å². The van der Waals surface area contributed by atoms with E-state index in [0.717, 1.165) is 27.6 Å². The maximum atomic E-state index is 12.8. The molecule has 0 fully saturated rings. The lowest BCUT2D eigenvalue weighted by Gasteiger charge is -2.13. The van der Waals surface area contributed by atoms with E-state index in [2.05, 4.69) is 5.32 Å². The van der Waals surface area contributed by atoms with Gasteiger partial charge in [0.05, 0.1) is 7.11 Å². The Morgan fingerprint density at radius 3 is 2.33 bits per heavy atom. The molecule has 4 heteroatoms. The van der Waals surface area contributed by atoms with Crippen molar-refractivity contribution in [3.05, 3.63) is 108 Å². The molecule has 4 aromatic rings. The summed E-state index contributed by atoms with van der Waals surface area (Å²) in [5.74, 6) is 1.35. The monoisotopic (exact) mass is 397 g/mol. The number of ether oxygens (including phenoxy) is 2. The van der Waals surface area contributed by atoms with Crippen molar-refractivity contribution in [2.45, 2.75) is 13.2 Å². The van der Waals surface area contributed by atoms with Crippen LogP contribution in [0.4, 0.5) is 0 Å². The average Bonchev–Trinajstić information content (AvgIpc) is 2.81. The second kappa shape index (κ2) is 9.14. The molecule has 0 heterocycles. The van der Waals surface area contributed by atoms with Crippen LogP contribution in [0.2, 0.25) is 0 Å². The molecule has 0 unspecified atom stereocenters. The smallest absolute Gasteiger partial charge is 0.251 e. The van der Waals surface area contributed by atoms with Crippen molar-refractivity contribution in [3.63, 3.8) is 0 Å². The number of carbonyl (C=O) groups excluding carboxylic acids is 1. The molecule has 0 bridgehead atoms. The highest BCUT2D eigenvalue weighted by Crippen LogP contribution is 2.28. The third-order valence-electron chi connectivity index (χ3n) is 4.94.